The number of hydrogen-bond acceptors (Lipinski definition) is 4. The second kappa shape index (κ2) is 6.55. The van der Waals surface area contributed by atoms with Crippen LogP contribution in [0.15, 0.2) is 36.8 Å². The highest BCUT2D eigenvalue weighted by Gasteiger charge is 2.16. The van der Waals surface area contributed by atoms with Gasteiger partial charge in [0.2, 0.25) is 0 Å². The summed E-state index contributed by atoms with van der Waals surface area (Å²) in [5.74, 6) is 0. The van der Waals surface area contributed by atoms with Crippen LogP contribution in [0.4, 0.5) is 4.79 Å². The van der Waals surface area contributed by atoms with Crippen molar-refractivity contribution in [2.45, 2.75) is 39.8 Å². The van der Waals surface area contributed by atoms with E-state index in [1.807, 2.05) is 52.1 Å². The van der Waals surface area contributed by atoms with Crippen molar-refractivity contribution in [3.05, 3.63) is 47.9 Å². The number of ether oxygens (including phenoxy) is 1. The first kappa shape index (κ1) is 17.0. The molecular weight excluding hydrogens is 316 g/mol. The molecular formula is C19H22N4O2. The number of alkyl carbamates (subject to hydrolysis) is 1. The van der Waals surface area contributed by atoms with E-state index in [0.717, 1.165) is 33.4 Å². The second-order valence-corrected chi connectivity index (χ2v) is 6.96. The van der Waals surface area contributed by atoms with Gasteiger partial charge in [-0.15, -0.1) is 0 Å². The molecule has 3 aromatic rings. The van der Waals surface area contributed by atoms with Gasteiger partial charge in [-0.3, -0.25) is 0 Å². The number of nitrogens with one attached hydrogen (secondary N) is 2. The van der Waals surface area contributed by atoms with Crippen molar-refractivity contribution in [1.82, 2.24) is 20.3 Å². The van der Waals surface area contributed by atoms with Gasteiger partial charge in [0.05, 0.1) is 5.69 Å². The Morgan fingerprint density at radius 3 is 2.76 bits per heavy atom. The molecule has 0 atom stereocenters. The molecule has 0 saturated carbocycles. The summed E-state index contributed by atoms with van der Waals surface area (Å²) >= 11 is 0. The highest BCUT2D eigenvalue weighted by Crippen LogP contribution is 2.26. The molecule has 2 aromatic heterocycles. The van der Waals surface area contributed by atoms with Gasteiger partial charge in [0.15, 0.2) is 0 Å². The lowest BCUT2D eigenvalue weighted by Crippen LogP contribution is -2.32. The quantitative estimate of drug-likeness (QED) is 0.757. The number of carbonyl (C=O) groups is 1. The molecule has 1 amide bonds. The van der Waals surface area contributed by atoms with Gasteiger partial charge in [-0.25, -0.2) is 14.8 Å². The minimum atomic E-state index is -0.502. The van der Waals surface area contributed by atoms with E-state index >= 15 is 0 Å². The van der Waals surface area contributed by atoms with Gasteiger partial charge in [0, 0.05) is 23.7 Å². The van der Waals surface area contributed by atoms with Gasteiger partial charge in [-0.1, -0.05) is 12.1 Å². The third kappa shape index (κ3) is 3.96. The number of fused-ring (bicyclic) bond motifs is 1. The van der Waals surface area contributed by atoms with Crippen LogP contribution in [0.1, 0.15) is 31.9 Å². The maximum atomic E-state index is 11.8. The number of hydrogen-bond donors (Lipinski definition) is 2. The average Bonchev–Trinajstić information content (AvgIpc) is 3.00. The van der Waals surface area contributed by atoms with Crippen LogP contribution < -0.4 is 5.32 Å². The molecule has 6 nitrogen and oxygen atoms in total. The van der Waals surface area contributed by atoms with E-state index in [-0.39, 0.29) is 0 Å². The Kier molecular flexibility index (Phi) is 4.44. The zero-order valence-corrected chi connectivity index (χ0v) is 14.9. The third-order valence-electron chi connectivity index (χ3n) is 3.79. The number of nitrogens with zero attached hydrogens (tertiary/aromatic N) is 2. The number of carbonyl (C=O) groups excluding carboxylic acids is 1. The number of benzene rings is 1. The lowest BCUT2D eigenvalue weighted by atomic mass is 10.0. The van der Waals surface area contributed by atoms with E-state index in [4.69, 9.17) is 4.74 Å². The highest BCUT2D eigenvalue weighted by atomic mass is 16.6. The zero-order chi connectivity index (χ0) is 18.0. The maximum absolute atomic E-state index is 11.8. The molecule has 0 aliphatic carbocycles. The van der Waals surface area contributed by atoms with Crippen LogP contribution in [-0.4, -0.2) is 26.6 Å². The van der Waals surface area contributed by atoms with Crippen molar-refractivity contribution in [2.24, 2.45) is 0 Å². The van der Waals surface area contributed by atoms with Crippen molar-refractivity contribution in [1.29, 1.82) is 0 Å². The molecule has 130 valence electrons. The number of aromatic amines is 1. The molecule has 0 aliphatic heterocycles. The number of aromatic nitrogens is 3. The molecule has 0 unspecified atom stereocenters. The molecule has 0 saturated heterocycles. The van der Waals surface area contributed by atoms with Crippen molar-refractivity contribution in [2.75, 3.05) is 0 Å². The second-order valence-electron chi connectivity index (χ2n) is 6.96. The van der Waals surface area contributed by atoms with Gasteiger partial charge >= 0.3 is 6.09 Å². The van der Waals surface area contributed by atoms with Crippen LogP contribution in [-0.2, 0) is 11.3 Å². The zero-order valence-electron chi connectivity index (χ0n) is 14.9. The van der Waals surface area contributed by atoms with Crippen molar-refractivity contribution in [3.63, 3.8) is 0 Å². The standard InChI is InChI=1S/C19H22N4O2/c1-12-9-13(16-15-7-8-20-17(15)23-11-22-16)5-6-14(12)10-21-18(24)25-19(2,3)4/h5-9,11H,10H2,1-4H3,(H,21,24)(H,20,22,23). The topological polar surface area (TPSA) is 79.9 Å². The normalized spacial score (nSPS) is 11.5. The van der Waals surface area contributed by atoms with Crippen LogP contribution in [0, 0.1) is 6.92 Å². The van der Waals surface area contributed by atoms with Crippen molar-refractivity contribution < 1.29 is 9.53 Å². The average molecular weight is 338 g/mol. The fraction of sp³-hybridized carbons (Fsp3) is 0.316. The summed E-state index contributed by atoms with van der Waals surface area (Å²) in [7, 11) is 0. The number of H-pyrrole nitrogens is 1. The molecule has 6 heteroatoms. The van der Waals surface area contributed by atoms with E-state index in [2.05, 4.69) is 26.3 Å². The molecule has 0 fully saturated rings. The molecule has 25 heavy (non-hydrogen) atoms. The van der Waals surface area contributed by atoms with E-state index < -0.39 is 11.7 Å². The molecule has 1 aromatic carbocycles. The Morgan fingerprint density at radius 2 is 2.04 bits per heavy atom. The van der Waals surface area contributed by atoms with E-state index in [9.17, 15) is 4.79 Å². The van der Waals surface area contributed by atoms with E-state index in [0.29, 0.717) is 6.54 Å². The Labute approximate surface area is 146 Å². The first-order valence-corrected chi connectivity index (χ1v) is 8.18. The summed E-state index contributed by atoms with van der Waals surface area (Å²) in [6.45, 7) is 7.97. The van der Waals surface area contributed by atoms with Crippen LogP contribution in [0.2, 0.25) is 0 Å². The lowest BCUT2D eigenvalue weighted by Gasteiger charge is -2.20. The predicted molar refractivity (Wildman–Crippen MR) is 97.1 cm³/mol. The Hall–Kier alpha value is -2.89. The van der Waals surface area contributed by atoms with Crippen LogP contribution in [0.25, 0.3) is 22.3 Å². The Bertz CT molecular complexity index is 909. The van der Waals surface area contributed by atoms with Crippen LogP contribution in [0.5, 0.6) is 0 Å². The first-order valence-electron chi connectivity index (χ1n) is 8.18. The van der Waals surface area contributed by atoms with Crippen LogP contribution >= 0.6 is 0 Å². The SMILES string of the molecule is Cc1cc(-c2ncnc3[nH]ccc23)ccc1CNC(=O)OC(C)(C)C. The molecule has 0 aliphatic rings. The summed E-state index contributed by atoms with van der Waals surface area (Å²) in [5.41, 5.74) is 4.34. The van der Waals surface area contributed by atoms with Gasteiger partial charge in [-0.2, -0.15) is 0 Å². The summed E-state index contributed by atoms with van der Waals surface area (Å²) in [4.78, 5) is 23.5. The summed E-state index contributed by atoms with van der Waals surface area (Å²) in [6, 6.07) is 8.05. The largest absolute Gasteiger partial charge is 0.444 e. The minimum absolute atomic E-state index is 0.416. The van der Waals surface area contributed by atoms with Gasteiger partial charge in [-0.05, 0) is 51.0 Å². The summed E-state index contributed by atoms with van der Waals surface area (Å²) in [6.07, 6.45) is 3.00. The molecule has 0 spiro atoms. The first-order chi connectivity index (χ1) is 11.8. The fourth-order valence-electron chi connectivity index (χ4n) is 2.63. The van der Waals surface area contributed by atoms with E-state index in [1.54, 1.807) is 6.33 Å². The van der Waals surface area contributed by atoms with Gasteiger partial charge in [0.1, 0.15) is 17.6 Å². The number of rotatable bonds is 3. The third-order valence-corrected chi connectivity index (χ3v) is 3.79. The molecule has 2 N–H and O–H groups in total. The van der Waals surface area contributed by atoms with Crippen molar-refractivity contribution in [3.8, 4) is 11.3 Å². The lowest BCUT2D eigenvalue weighted by molar-refractivity contribution is 0.0523. The summed E-state index contributed by atoms with van der Waals surface area (Å²) < 4.78 is 5.26. The fourth-order valence-corrected chi connectivity index (χ4v) is 2.63. The maximum Gasteiger partial charge on any atom is 0.407 e. The van der Waals surface area contributed by atoms with Gasteiger partial charge in [0.25, 0.3) is 0 Å². The van der Waals surface area contributed by atoms with E-state index in [1.165, 1.54) is 0 Å². The summed E-state index contributed by atoms with van der Waals surface area (Å²) in [5, 5.41) is 3.78. The number of amides is 1. The van der Waals surface area contributed by atoms with Crippen molar-refractivity contribution >= 4 is 17.1 Å². The minimum Gasteiger partial charge on any atom is -0.444 e. The smallest absolute Gasteiger partial charge is 0.407 e. The van der Waals surface area contributed by atoms with Gasteiger partial charge < -0.3 is 15.0 Å². The Balaban J connectivity index is 1.77. The molecule has 3 rings (SSSR count). The predicted octanol–water partition coefficient (Wildman–Crippen LogP) is 3.96. The molecule has 0 bridgehead atoms. The molecule has 2 heterocycles. The van der Waals surface area contributed by atoms with Crippen LogP contribution in [0.3, 0.4) is 0 Å². The molecule has 0 radical (unpaired) electrons. The Morgan fingerprint density at radius 1 is 1.24 bits per heavy atom. The number of aryl methyl sites for hydroxylation is 1. The highest BCUT2D eigenvalue weighted by molar-refractivity contribution is 5.90. The monoisotopic (exact) mass is 338 g/mol.